The zero-order valence-corrected chi connectivity index (χ0v) is 13.0. The lowest BCUT2D eigenvalue weighted by Crippen LogP contribution is -1.98. The van der Waals surface area contributed by atoms with E-state index in [-0.39, 0.29) is 5.82 Å². The van der Waals surface area contributed by atoms with Crippen LogP contribution in [0.25, 0.3) is 22.0 Å². The van der Waals surface area contributed by atoms with E-state index in [0.29, 0.717) is 0 Å². The average Bonchev–Trinajstić information content (AvgIpc) is 2.54. The molecule has 3 heteroatoms. The summed E-state index contributed by atoms with van der Waals surface area (Å²) in [4.78, 5) is 4.70. The van der Waals surface area contributed by atoms with Crippen molar-refractivity contribution in [3.8, 4) is 16.9 Å². The van der Waals surface area contributed by atoms with E-state index in [2.05, 4.69) is 6.92 Å². The number of pyridine rings is 1. The quantitative estimate of drug-likeness (QED) is 0.684. The lowest BCUT2D eigenvalue weighted by Gasteiger charge is -2.15. The maximum Gasteiger partial charge on any atom is 0.123 e. The highest BCUT2D eigenvalue weighted by Gasteiger charge is 2.14. The minimum absolute atomic E-state index is 0.227. The van der Waals surface area contributed by atoms with Gasteiger partial charge in [-0.25, -0.2) is 4.39 Å². The standard InChI is InChI=1S/C19H18FNO/c1-4-16-12(2)21-18-10-9-15(22-3)11-17(18)19(16)13-5-7-14(20)8-6-13/h5-11H,4H2,1-3H3. The van der Waals surface area contributed by atoms with Crippen LogP contribution in [0.1, 0.15) is 18.2 Å². The van der Waals surface area contributed by atoms with Crippen LogP contribution in [0, 0.1) is 12.7 Å². The summed E-state index contributed by atoms with van der Waals surface area (Å²) in [6.07, 6.45) is 0.874. The maximum absolute atomic E-state index is 13.3. The number of ether oxygens (including phenoxy) is 1. The number of methoxy groups -OCH3 is 1. The van der Waals surface area contributed by atoms with Crippen LogP contribution in [0.5, 0.6) is 5.75 Å². The number of halogens is 1. The fraction of sp³-hybridized carbons (Fsp3) is 0.211. The van der Waals surface area contributed by atoms with Gasteiger partial charge in [-0.05, 0) is 60.4 Å². The molecule has 0 saturated carbocycles. The van der Waals surface area contributed by atoms with Gasteiger partial charge < -0.3 is 4.74 Å². The van der Waals surface area contributed by atoms with Crippen molar-refractivity contribution < 1.29 is 9.13 Å². The van der Waals surface area contributed by atoms with E-state index in [1.165, 1.54) is 17.7 Å². The van der Waals surface area contributed by atoms with Gasteiger partial charge in [-0.1, -0.05) is 19.1 Å². The van der Waals surface area contributed by atoms with Crippen molar-refractivity contribution in [3.63, 3.8) is 0 Å². The normalized spacial score (nSPS) is 10.9. The topological polar surface area (TPSA) is 22.1 Å². The van der Waals surface area contributed by atoms with Crippen molar-refractivity contribution >= 4 is 10.9 Å². The molecule has 22 heavy (non-hydrogen) atoms. The number of aryl methyl sites for hydroxylation is 1. The summed E-state index contributed by atoms with van der Waals surface area (Å²) in [5.74, 6) is 0.568. The van der Waals surface area contributed by atoms with Gasteiger partial charge in [0.05, 0.1) is 12.6 Å². The van der Waals surface area contributed by atoms with Gasteiger partial charge in [0.2, 0.25) is 0 Å². The van der Waals surface area contributed by atoms with Crippen molar-refractivity contribution in [2.75, 3.05) is 7.11 Å². The summed E-state index contributed by atoms with van der Waals surface area (Å²) in [5, 5.41) is 1.04. The molecule has 0 saturated heterocycles. The smallest absolute Gasteiger partial charge is 0.123 e. The van der Waals surface area contributed by atoms with Gasteiger partial charge in [-0.15, -0.1) is 0 Å². The molecule has 0 fully saturated rings. The average molecular weight is 295 g/mol. The molecule has 112 valence electrons. The molecule has 3 rings (SSSR count). The monoisotopic (exact) mass is 295 g/mol. The van der Waals surface area contributed by atoms with E-state index in [0.717, 1.165) is 39.9 Å². The Morgan fingerprint density at radius 2 is 1.82 bits per heavy atom. The second-order valence-corrected chi connectivity index (χ2v) is 5.29. The second kappa shape index (κ2) is 5.76. The van der Waals surface area contributed by atoms with Crippen LogP contribution in [-0.4, -0.2) is 12.1 Å². The highest BCUT2D eigenvalue weighted by atomic mass is 19.1. The van der Waals surface area contributed by atoms with Crippen LogP contribution in [-0.2, 0) is 6.42 Å². The molecule has 0 atom stereocenters. The largest absolute Gasteiger partial charge is 0.497 e. The molecule has 0 spiro atoms. The van der Waals surface area contributed by atoms with Crippen LogP contribution in [0.4, 0.5) is 4.39 Å². The molecule has 0 aliphatic rings. The molecule has 0 N–H and O–H groups in total. The molecule has 1 aromatic heterocycles. The Hall–Kier alpha value is -2.42. The van der Waals surface area contributed by atoms with Gasteiger partial charge in [0.1, 0.15) is 11.6 Å². The Morgan fingerprint density at radius 3 is 2.45 bits per heavy atom. The van der Waals surface area contributed by atoms with Crippen LogP contribution in [0.2, 0.25) is 0 Å². The third kappa shape index (κ3) is 2.43. The molecule has 0 amide bonds. The van der Waals surface area contributed by atoms with E-state index in [1.807, 2.05) is 37.3 Å². The predicted octanol–water partition coefficient (Wildman–Crippen LogP) is 4.92. The van der Waals surface area contributed by atoms with Gasteiger partial charge in [-0.3, -0.25) is 4.98 Å². The first-order valence-corrected chi connectivity index (χ1v) is 7.37. The van der Waals surface area contributed by atoms with Crippen LogP contribution in [0.15, 0.2) is 42.5 Å². The van der Waals surface area contributed by atoms with Gasteiger partial charge in [0.15, 0.2) is 0 Å². The zero-order valence-electron chi connectivity index (χ0n) is 13.0. The molecule has 1 heterocycles. The van der Waals surface area contributed by atoms with E-state index in [1.54, 1.807) is 7.11 Å². The van der Waals surface area contributed by atoms with Crippen molar-refractivity contribution in [1.29, 1.82) is 0 Å². The number of aromatic nitrogens is 1. The first-order chi connectivity index (χ1) is 10.6. The van der Waals surface area contributed by atoms with E-state index in [9.17, 15) is 4.39 Å². The number of rotatable bonds is 3. The predicted molar refractivity (Wildman–Crippen MR) is 87.8 cm³/mol. The summed E-state index contributed by atoms with van der Waals surface area (Å²) < 4.78 is 18.6. The van der Waals surface area contributed by atoms with Gasteiger partial charge in [0.25, 0.3) is 0 Å². The maximum atomic E-state index is 13.3. The fourth-order valence-corrected chi connectivity index (χ4v) is 2.91. The zero-order chi connectivity index (χ0) is 15.7. The molecule has 0 aliphatic carbocycles. The van der Waals surface area contributed by atoms with E-state index >= 15 is 0 Å². The molecular weight excluding hydrogens is 277 g/mol. The van der Waals surface area contributed by atoms with Crippen molar-refractivity contribution in [1.82, 2.24) is 4.98 Å². The SMILES string of the molecule is CCc1c(C)nc2ccc(OC)cc2c1-c1ccc(F)cc1. The third-order valence-corrected chi connectivity index (χ3v) is 3.99. The molecule has 0 radical (unpaired) electrons. The van der Waals surface area contributed by atoms with Crippen LogP contribution >= 0.6 is 0 Å². The molecule has 0 aliphatic heterocycles. The Balaban J connectivity index is 2.39. The molecule has 2 aromatic carbocycles. The number of hydrogen-bond donors (Lipinski definition) is 0. The first-order valence-electron chi connectivity index (χ1n) is 7.37. The van der Waals surface area contributed by atoms with Crippen molar-refractivity contribution in [3.05, 3.63) is 59.5 Å². The minimum atomic E-state index is -0.227. The minimum Gasteiger partial charge on any atom is -0.497 e. The number of hydrogen-bond acceptors (Lipinski definition) is 2. The number of fused-ring (bicyclic) bond motifs is 1. The Morgan fingerprint density at radius 1 is 1.09 bits per heavy atom. The summed E-state index contributed by atoms with van der Waals surface area (Å²) >= 11 is 0. The molecule has 0 bridgehead atoms. The summed E-state index contributed by atoms with van der Waals surface area (Å²) in [5.41, 5.74) is 5.24. The highest BCUT2D eigenvalue weighted by Crippen LogP contribution is 2.35. The van der Waals surface area contributed by atoms with Crippen LogP contribution < -0.4 is 4.74 Å². The molecule has 0 unspecified atom stereocenters. The van der Waals surface area contributed by atoms with Crippen molar-refractivity contribution in [2.45, 2.75) is 20.3 Å². The van der Waals surface area contributed by atoms with Gasteiger partial charge >= 0.3 is 0 Å². The number of nitrogens with zero attached hydrogens (tertiary/aromatic N) is 1. The Bertz CT molecular complexity index is 825. The third-order valence-electron chi connectivity index (χ3n) is 3.99. The first kappa shape index (κ1) is 14.5. The Labute approximate surface area is 129 Å². The Kier molecular flexibility index (Phi) is 3.80. The summed E-state index contributed by atoms with van der Waals surface area (Å²) in [6.45, 7) is 4.14. The molecule has 2 nitrogen and oxygen atoms in total. The molecular formula is C19H18FNO. The highest BCUT2D eigenvalue weighted by molar-refractivity contribution is 5.97. The van der Waals surface area contributed by atoms with E-state index in [4.69, 9.17) is 9.72 Å². The molecule has 3 aromatic rings. The number of benzene rings is 2. The van der Waals surface area contributed by atoms with Crippen molar-refractivity contribution in [2.24, 2.45) is 0 Å². The summed E-state index contributed by atoms with van der Waals surface area (Å²) in [6, 6.07) is 12.5. The second-order valence-electron chi connectivity index (χ2n) is 5.29. The van der Waals surface area contributed by atoms with E-state index < -0.39 is 0 Å². The summed E-state index contributed by atoms with van der Waals surface area (Å²) in [7, 11) is 1.65. The lowest BCUT2D eigenvalue weighted by atomic mass is 9.93. The van der Waals surface area contributed by atoms with Gasteiger partial charge in [-0.2, -0.15) is 0 Å². The van der Waals surface area contributed by atoms with Gasteiger partial charge in [0, 0.05) is 11.1 Å². The van der Waals surface area contributed by atoms with Crippen LogP contribution in [0.3, 0.4) is 0 Å². The lowest BCUT2D eigenvalue weighted by molar-refractivity contribution is 0.415. The fourth-order valence-electron chi connectivity index (χ4n) is 2.91.